The van der Waals surface area contributed by atoms with E-state index >= 15 is 0 Å². The molecule has 0 saturated carbocycles. The zero-order chi connectivity index (χ0) is 16.1. The lowest BCUT2D eigenvalue weighted by Crippen LogP contribution is -2.24. The van der Waals surface area contributed by atoms with Gasteiger partial charge >= 0.3 is 6.09 Å². The lowest BCUT2D eigenvalue weighted by molar-refractivity contribution is -0.119. The summed E-state index contributed by atoms with van der Waals surface area (Å²) in [5.74, 6) is -0.0946. The van der Waals surface area contributed by atoms with E-state index in [-0.39, 0.29) is 11.9 Å². The van der Waals surface area contributed by atoms with Crippen LogP contribution in [0, 0.1) is 0 Å². The molecule has 1 aromatic carbocycles. The van der Waals surface area contributed by atoms with Crippen molar-refractivity contribution >= 4 is 23.3 Å². The summed E-state index contributed by atoms with van der Waals surface area (Å²) in [6, 6.07) is 7.36. The Kier molecular flexibility index (Phi) is 5.11. The summed E-state index contributed by atoms with van der Waals surface area (Å²) < 4.78 is 0. The van der Waals surface area contributed by atoms with Gasteiger partial charge in [-0.05, 0) is 18.1 Å². The zero-order valence-corrected chi connectivity index (χ0v) is 13.1. The van der Waals surface area contributed by atoms with E-state index in [1.54, 1.807) is 12.4 Å². The molecule has 0 aliphatic rings. The smallest absolute Gasteiger partial charge is 0.405 e. The molecule has 0 radical (unpaired) electrons. The monoisotopic (exact) mass is 319 g/mol. The van der Waals surface area contributed by atoms with Gasteiger partial charge < -0.3 is 15.7 Å². The normalized spacial score (nSPS) is 11.7. The minimum absolute atomic E-state index is 0.0946. The van der Waals surface area contributed by atoms with E-state index in [1.807, 2.05) is 24.3 Å². The third kappa shape index (κ3) is 4.05. The topological polar surface area (TPSA) is 91.3 Å². The Hall–Kier alpha value is -2.41. The molecule has 0 fully saturated rings. The molecule has 0 aliphatic carbocycles. The fourth-order valence-electron chi connectivity index (χ4n) is 2.03. The molecule has 3 N–H and O–H groups in total. The minimum atomic E-state index is -1.04. The molecule has 7 heteroatoms. The average molecular weight is 319 g/mol. The van der Waals surface area contributed by atoms with Crippen molar-refractivity contribution in [3.05, 3.63) is 41.0 Å². The lowest BCUT2D eigenvalue weighted by atomic mass is 10.0. The molecule has 0 spiro atoms. The first-order valence-corrected chi connectivity index (χ1v) is 7.62. The Bertz CT molecular complexity index is 667. The number of amides is 2. The number of carboxylic acid groups (broad SMARTS) is 1. The minimum Gasteiger partial charge on any atom is -0.465 e. The molecule has 6 nitrogen and oxygen atoms in total. The number of benzene rings is 1. The van der Waals surface area contributed by atoms with Crippen molar-refractivity contribution in [2.75, 3.05) is 0 Å². The predicted octanol–water partition coefficient (Wildman–Crippen LogP) is 2.77. The number of rotatable bonds is 5. The maximum Gasteiger partial charge on any atom is 0.405 e. The Morgan fingerprint density at radius 2 is 2.00 bits per heavy atom. The summed E-state index contributed by atoms with van der Waals surface area (Å²) in [7, 11) is 0. The van der Waals surface area contributed by atoms with Gasteiger partial charge in [0.2, 0.25) is 5.91 Å². The molecule has 1 heterocycles. The van der Waals surface area contributed by atoms with Crippen LogP contribution < -0.4 is 10.6 Å². The van der Waals surface area contributed by atoms with Gasteiger partial charge in [-0.3, -0.25) is 4.79 Å². The van der Waals surface area contributed by atoms with E-state index in [4.69, 9.17) is 5.11 Å². The summed E-state index contributed by atoms with van der Waals surface area (Å²) in [4.78, 5) is 26.9. The van der Waals surface area contributed by atoms with E-state index in [9.17, 15) is 9.59 Å². The highest BCUT2D eigenvalue weighted by molar-refractivity contribution is 7.13. The fourth-order valence-corrected chi connectivity index (χ4v) is 2.85. The number of hydrogen-bond donors (Lipinski definition) is 3. The van der Waals surface area contributed by atoms with Crippen LogP contribution in [-0.2, 0) is 11.3 Å². The van der Waals surface area contributed by atoms with E-state index in [2.05, 4.69) is 15.6 Å². The number of nitrogens with zero attached hydrogens (tertiary/aromatic N) is 1. The molecule has 1 unspecified atom stereocenters. The fraction of sp³-hybridized carbons (Fsp3) is 0.267. The Labute approximate surface area is 132 Å². The van der Waals surface area contributed by atoms with Gasteiger partial charge in [-0.1, -0.05) is 24.3 Å². The molecule has 0 saturated heterocycles. The SMILES string of the molecule is CC(=O)NCc1ncsc1-c1ccc(C(C)NC(=O)O)cc1. The maximum absolute atomic E-state index is 11.0. The van der Waals surface area contributed by atoms with Gasteiger partial charge in [0, 0.05) is 6.92 Å². The molecule has 0 aliphatic heterocycles. The number of aromatic nitrogens is 1. The van der Waals surface area contributed by atoms with Crippen molar-refractivity contribution in [2.45, 2.75) is 26.4 Å². The summed E-state index contributed by atoms with van der Waals surface area (Å²) in [5, 5.41) is 13.9. The van der Waals surface area contributed by atoms with Gasteiger partial charge in [0.05, 0.1) is 28.7 Å². The first kappa shape index (κ1) is 16.0. The van der Waals surface area contributed by atoms with Gasteiger partial charge in [-0.15, -0.1) is 11.3 Å². The van der Waals surface area contributed by atoms with Crippen LogP contribution in [0.25, 0.3) is 10.4 Å². The lowest BCUT2D eigenvalue weighted by Gasteiger charge is -2.12. The second-order valence-corrected chi connectivity index (χ2v) is 5.69. The molecular formula is C15H17N3O3S. The van der Waals surface area contributed by atoms with Crippen LogP contribution in [0.2, 0.25) is 0 Å². The van der Waals surface area contributed by atoms with Gasteiger partial charge in [-0.2, -0.15) is 0 Å². The van der Waals surface area contributed by atoms with E-state index < -0.39 is 6.09 Å². The van der Waals surface area contributed by atoms with Crippen molar-refractivity contribution < 1.29 is 14.7 Å². The molecule has 22 heavy (non-hydrogen) atoms. The summed E-state index contributed by atoms with van der Waals surface area (Å²) >= 11 is 1.51. The van der Waals surface area contributed by atoms with Gasteiger partial charge in [0.25, 0.3) is 0 Å². The highest BCUT2D eigenvalue weighted by Gasteiger charge is 2.11. The third-order valence-corrected chi connectivity index (χ3v) is 4.08. The molecule has 2 rings (SSSR count). The number of thiazole rings is 1. The molecule has 2 amide bonds. The Balaban J connectivity index is 2.15. The first-order chi connectivity index (χ1) is 10.5. The van der Waals surface area contributed by atoms with Gasteiger partial charge in [-0.25, -0.2) is 9.78 Å². The predicted molar refractivity (Wildman–Crippen MR) is 84.6 cm³/mol. The largest absolute Gasteiger partial charge is 0.465 e. The first-order valence-electron chi connectivity index (χ1n) is 6.74. The summed E-state index contributed by atoms with van der Waals surface area (Å²) in [6.07, 6.45) is -1.04. The molecule has 2 aromatic rings. The Morgan fingerprint density at radius 3 is 2.59 bits per heavy atom. The number of carbonyl (C=O) groups is 2. The standard InChI is InChI=1S/C15H17N3O3S/c1-9(18-15(20)21)11-3-5-12(6-4-11)14-13(17-8-22-14)7-16-10(2)19/h3-6,8-9,18H,7H2,1-2H3,(H,16,19)(H,20,21). The van der Waals surface area contributed by atoms with Crippen LogP contribution in [0.5, 0.6) is 0 Å². The van der Waals surface area contributed by atoms with Gasteiger partial charge in [0.15, 0.2) is 0 Å². The summed E-state index contributed by atoms with van der Waals surface area (Å²) in [6.45, 7) is 3.66. The van der Waals surface area contributed by atoms with Crippen molar-refractivity contribution in [1.29, 1.82) is 0 Å². The van der Waals surface area contributed by atoms with Gasteiger partial charge in [0.1, 0.15) is 0 Å². The number of nitrogens with one attached hydrogen (secondary N) is 2. The van der Waals surface area contributed by atoms with Crippen LogP contribution in [0.15, 0.2) is 29.8 Å². The van der Waals surface area contributed by atoms with Crippen LogP contribution in [0.4, 0.5) is 4.79 Å². The van der Waals surface area contributed by atoms with Crippen molar-refractivity contribution in [3.63, 3.8) is 0 Å². The number of carbonyl (C=O) groups excluding carboxylic acids is 1. The van der Waals surface area contributed by atoms with E-state index in [0.717, 1.165) is 21.7 Å². The van der Waals surface area contributed by atoms with E-state index in [0.29, 0.717) is 6.54 Å². The summed E-state index contributed by atoms with van der Waals surface area (Å²) in [5.41, 5.74) is 4.45. The Morgan fingerprint density at radius 1 is 1.32 bits per heavy atom. The molecule has 1 aromatic heterocycles. The maximum atomic E-state index is 11.0. The van der Waals surface area contributed by atoms with Crippen molar-refractivity contribution in [3.8, 4) is 10.4 Å². The third-order valence-electron chi connectivity index (χ3n) is 3.16. The second kappa shape index (κ2) is 7.04. The molecule has 1 atom stereocenters. The van der Waals surface area contributed by atoms with Crippen molar-refractivity contribution in [1.82, 2.24) is 15.6 Å². The van der Waals surface area contributed by atoms with Crippen LogP contribution >= 0.6 is 11.3 Å². The molecule has 116 valence electrons. The molecule has 0 bridgehead atoms. The number of hydrogen-bond acceptors (Lipinski definition) is 4. The van der Waals surface area contributed by atoms with E-state index in [1.165, 1.54) is 18.3 Å². The molecular weight excluding hydrogens is 302 g/mol. The van der Waals surface area contributed by atoms with Crippen LogP contribution in [-0.4, -0.2) is 22.1 Å². The van der Waals surface area contributed by atoms with Crippen LogP contribution in [0.3, 0.4) is 0 Å². The average Bonchev–Trinajstić information content (AvgIpc) is 2.93. The quantitative estimate of drug-likeness (QED) is 0.790. The zero-order valence-electron chi connectivity index (χ0n) is 12.3. The van der Waals surface area contributed by atoms with Crippen molar-refractivity contribution in [2.24, 2.45) is 0 Å². The second-order valence-electron chi connectivity index (χ2n) is 4.83. The van der Waals surface area contributed by atoms with Crippen LogP contribution in [0.1, 0.15) is 31.1 Å². The highest BCUT2D eigenvalue weighted by Crippen LogP contribution is 2.28. The highest BCUT2D eigenvalue weighted by atomic mass is 32.1.